The minimum absolute atomic E-state index is 0.00237. The number of aromatic amines is 1. The van der Waals surface area contributed by atoms with Gasteiger partial charge in [-0.1, -0.05) is 36.0 Å². The molecule has 0 fully saturated rings. The molecule has 1 amide bonds. The molecule has 4 rings (SSSR count). The monoisotopic (exact) mass is 412 g/mol. The Morgan fingerprint density at radius 1 is 1.32 bits per heavy atom. The summed E-state index contributed by atoms with van der Waals surface area (Å²) >= 11 is 3.02. The first-order valence-corrected chi connectivity index (χ1v) is 10.8. The predicted molar refractivity (Wildman–Crippen MR) is 112 cm³/mol. The summed E-state index contributed by atoms with van der Waals surface area (Å²) in [5, 5.41) is 10.8. The summed E-state index contributed by atoms with van der Waals surface area (Å²) in [4.78, 5) is 20.0. The highest BCUT2D eigenvalue weighted by molar-refractivity contribution is 7.99. The van der Waals surface area contributed by atoms with Crippen LogP contribution in [-0.2, 0) is 11.2 Å². The maximum absolute atomic E-state index is 12.6. The van der Waals surface area contributed by atoms with Gasteiger partial charge in [0, 0.05) is 23.7 Å². The van der Waals surface area contributed by atoms with Crippen LogP contribution in [0.5, 0.6) is 0 Å². The van der Waals surface area contributed by atoms with E-state index in [-0.39, 0.29) is 17.7 Å². The predicted octanol–water partition coefficient (Wildman–Crippen LogP) is 4.51. The first-order chi connectivity index (χ1) is 13.6. The van der Waals surface area contributed by atoms with Crippen LogP contribution in [0.4, 0.5) is 0 Å². The summed E-state index contributed by atoms with van der Waals surface area (Å²) in [5.74, 6) is 1.86. The molecule has 0 spiro atoms. The van der Waals surface area contributed by atoms with Crippen molar-refractivity contribution >= 4 is 40.0 Å². The van der Waals surface area contributed by atoms with E-state index in [0.717, 1.165) is 29.0 Å². The molecule has 6 nitrogen and oxygen atoms in total. The quantitative estimate of drug-likeness (QED) is 0.452. The minimum Gasteiger partial charge on any atom is -0.459 e. The van der Waals surface area contributed by atoms with E-state index in [0.29, 0.717) is 5.16 Å². The number of carbonyl (C=O) groups excluding carboxylic acids is 1. The fourth-order valence-electron chi connectivity index (χ4n) is 2.84. The second-order valence-electron chi connectivity index (χ2n) is 6.48. The van der Waals surface area contributed by atoms with E-state index in [2.05, 4.69) is 21.2 Å². The number of thiophene rings is 1. The van der Waals surface area contributed by atoms with Gasteiger partial charge in [0.05, 0.1) is 11.8 Å². The van der Waals surface area contributed by atoms with Gasteiger partial charge in [0.15, 0.2) is 0 Å². The molecule has 144 valence electrons. The van der Waals surface area contributed by atoms with Gasteiger partial charge in [-0.2, -0.15) is 0 Å². The molecule has 28 heavy (non-hydrogen) atoms. The Labute approximate surface area is 171 Å². The SMILES string of the molecule is CC(c1cc2ccccc2o1)N(C)C(=O)CSc1n[nH]c(Cc2cccs2)n1. The van der Waals surface area contributed by atoms with Gasteiger partial charge in [0.1, 0.15) is 17.2 Å². The van der Waals surface area contributed by atoms with E-state index in [1.54, 1.807) is 23.3 Å². The van der Waals surface area contributed by atoms with Crippen molar-refractivity contribution in [2.24, 2.45) is 0 Å². The van der Waals surface area contributed by atoms with Gasteiger partial charge in [-0.25, -0.2) is 4.98 Å². The number of nitrogens with one attached hydrogen (secondary N) is 1. The van der Waals surface area contributed by atoms with Crippen LogP contribution < -0.4 is 0 Å². The summed E-state index contributed by atoms with van der Waals surface area (Å²) in [6.45, 7) is 1.96. The summed E-state index contributed by atoms with van der Waals surface area (Å²) < 4.78 is 5.89. The average molecular weight is 413 g/mol. The Hall–Kier alpha value is -2.58. The molecule has 1 N–H and O–H groups in total. The maximum atomic E-state index is 12.6. The number of amides is 1. The Morgan fingerprint density at radius 2 is 2.18 bits per heavy atom. The van der Waals surface area contributed by atoms with E-state index in [9.17, 15) is 4.79 Å². The third kappa shape index (κ3) is 4.13. The molecule has 1 atom stereocenters. The van der Waals surface area contributed by atoms with E-state index in [4.69, 9.17) is 4.42 Å². The Bertz CT molecular complexity index is 1040. The number of carbonyl (C=O) groups is 1. The number of thioether (sulfide) groups is 1. The van der Waals surface area contributed by atoms with Crippen molar-refractivity contribution in [3.63, 3.8) is 0 Å². The van der Waals surface area contributed by atoms with Gasteiger partial charge in [0.25, 0.3) is 0 Å². The zero-order valence-electron chi connectivity index (χ0n) is 15.6. The first kappa shape index (κ1) is 18.8. The van der Waals surface area contributed by atoms with Gasteiger partial charge >= 0.3 is 0 Å². The smallest absolute Gasteiger partial charge is 0.233 e. The molecular formula is C20H20N4O2S2. The lowest BCUT2D eigenvalue weighted by atomic mass is 10.2. The van der Waals surface area contributed by atoms with Crippen LogP contribution in [0, 0.1) is 0 Å². The van der Waals surface area contributed by atoms with Crippen LogP contribution in [0.15, 0.2) is 57.4 Å². The molecule has 0 aliphatic heterocycles. The molecule has 1 unspecified atom stereocenters. The summed E-state index contributed by atoms with van der Waals surface area (Å²) in [6.07, 6.45) is 0.724. The fraction of sp³-hybridized carbons (Fsp3) is 0.250. The molecule has 0 radical (unpaired) electrons. The second-order valence-corrected chi connectivity index (χ2v) is 8.45. The molecule has 0 bridgehead atoms. The fourth-order valence-corrected chi connectivity index (χ4v) is 4.29. The lowest BCUT2D eigenvalue weighted by Crippen LogP contribution is -2.30. The standard InChI is InChI=1S/C20H20N4O2S2/c1-13(17-10-14-6-3-4-8-16(14)26-17)24(2)19(25)12-28-20-21-18(22-23-20)11-15-7-5-9-27-15/h3-10,13H,11-12H2,1-2H3,(H,21,22,23). The molecule has 0 saturated heterocycles. The Morgan fingerprint density at radius 3 is 2.96 bits per heavy atom. The molecule has 1 aromatic carbocycles. The zero-order valence-corrected chi connectivity index (χ0v) is 17.2. The van der Waals surface area contributed by atoms with Crippen molar-refractivity contribution in [2.75, 3.05) is 12.8 Å². The van der Waals surface area contributed by atoms with Gasteiger partial charge in [-0.3, -0.25) is 9.89 Å². The summed E-state index contributed by atoms with van der Waals surface area (Å²) in [5.41, 5.74) is 0.832. The van der Waals surface area contributed by atoms with Crippen LogP contribution in [-0.4, -0.2) is 38.8 Å². The van der Waals surface area contributed by atoms with Crippen molar-refractivity contribution in [1.29, 1.82) is 0 Å². The van der Waals surface area contributed by atoms with E-state index < -0.39 is 0 Å². The lowest BCUT2D eigenvalue weighted by molar-refractivity contribution is -0.129. The van der Waals surface area contributed by atoms with Crippen LogP contribution in [0.25, 0.3) is 11.0 Å². The van der Waals surface area contributed by atoms with E-state index in [1.165, 1.54) is 16.6 Å². The highest BCUT2D eigenvalue weighted by atomic mass is 32.2. The molecule has 8 heteroatoms. The summed E-state index contributed by atoms with van der Waals surface area (Å²) in [7, 11) is 1.79. The summed E-state index contributed by atoms with van der Waals surface area (Å²) in [6, 6.07) is 13.8. The van der Waals surface area contributed by atoms with Gasteiger partial charge in [-0.05, 0) is 30.5 Å². The maximum Gasteiger partial charge on any atom is 0.233 e. The lowest BCUT2D eigenvalue weighted by Gasteiger charge is -2.22. The molecular weight excluding hydrogens is 392 g/mol. The minimum atomic E-state index is -0.151. The van der Waals surface area contributed by atoms with E-state index in [1.807, 2.05) is 48.7 Å². The van der Waals surface area contributed by atoms with Crippen molar-refractivity contribution in [3.8, 4) is 0 Å². The third-order valence-corrected chi connectivity index (χ3v) is 6.30. The van der Waals surface area contributed by atoms with E-state index >= 15 is 0 Å². The number of nitrogens with zero attached hydrogens (tertiary/aromatic N) is 3. The van der Waals surface area contributed by atoms with Crippen LogP contribution in [0.1, 0.15) is 29.4 Å². The molecule has 0 aliphatic carbocycles. The molecule has 0 aliphatic rings. The van der Waals surface area contributed by atoms with Gasteiger partial charge in [-0.15, -0.1) is 16.4 Å². The Balaban J connectivity index is 1.34. The topological polar surface area (TPSA) is 75.0 Å². The Kier molecular flexibility index (Phi) is 5.50. The number of rotatable bonds is 7. The average Bonchev–Trinajstić information content (AvgIpc) is 3.45. The first-order valence-electron chi connectivity index (χ1n) is 8.91. The highest BCUT2D eigenvalue weighted by Gasteiger charge is 2.21. The number of furan rings is 1. The molecule has 4 aromatic rings. The van der Waals surface area contributed by atoms with Crippen LogP contribution in [0.3, 0.4) is 0 Å². The molecule has 3 aromatic heterocycles. The molecule has 3 heterocycles. The number of aromatic nitrogens is 3. The van der Waals surface area contributed by atoms with Crippen molar-refractivity contribution in [1.82, 2.24) is 20.1 Å². The highest BCUT2D eigenvalue weighted by Crippen LogP contribution is 2.27. The van der Waals surface area contributed by atoms with Gasteiger partial charge < -0.3 is 9.32 Å². The number of para-hydroxylation sites is 1. The second kappa shape index (κ2) is 8.20. The largest absolute Gasteiger partial charge is 0.459 e. The number of H-pyrrole nitrogens is 1. The molecule has 0 saturated carbocycles. The third-order valence-electron chi connectivity index (χ3n) is 4.59. The normalized spacial score (nSPS) is 12.4. The number of benzene rings is 1. The van der Waals surface area contributed by atoms with Crippen molar-refractivity contribution in [2.45, 2.75) is 24.5 Å². The number of hydrogen-bond donors (Lipinski definition) is 1. The number of fused-ring (bicyclic) bond motifs is 1. The van der Waals surface area contributed by atoms with Crippen molar-refractivity contribution in [3.05, 3.63) is 64.3 Å². The van der Waals surface area contributed by atoms with Gasteiger partial charge in [0.2, 0.25) is 11.1 Å². The number of hydrogen-bond acceptors (Lipinski definition) is 6. The van der Waals surface area contributed by atoms with Crippen molar-refractivity contribution < 1.29 is 9.21 Å². The zero-order chi connectivity index (χ0) is 19.5. The van der Waals surface area contributed by atoms with Crippen LogP contribution >= 0.6 is 23.1 Å². The van der Waals surface area contributed by atoms with Crippen LogP contribution in [0.2, 0.25) is 0 Å².